The summed E-state index contributed by atoms with van der Waals surface area (Å²) < 4.78 is 33.1. The molecule has 3 aliphatic rings. The number of hydrogen-bond acceptors (Lipinski definition) is 6. The molecule has 3 heterocycles. The number of fused-ring (bicyclic) bond motifs is 1. The number of carbonyl (C=O) groups is 2. The molecule has 0 bridgehead atoms. The summed E-state index contributed by atoms with van der Waals surface area (Å²) in [7, 11) is -3.32. The molecule has 10 heteroatoms. The molecule has 4 rings (SSSR count). The van der Waals surface area contributed by atoms with Crippen LogP contribution in [0.3, 0.4) is 0 Å². The first-order valence-corrected chi connectivity index (χ1v) is 13.0. The van der Waals surface area contributed by atoms with E-state index in [1.165, 1.54) is 0 Å². The molecule has 0 aliphatic carbocycles. The van der Waals surface area contributed by atoms with Gasteiger partial charge in [-0.25, -0.2) is 8.42 Å². The van der Waals surface area contributed by atoms with E-state index in [0.29, 0.717) is 36.4 Å². The van der Waals surface area contributed by atoms with E-state index in [-0.39, 0.29) is 35.6 Å². The Hall–Kier alpha value is -2.17. The van der Waals surface area contributed by atoms with E-state index in [9.17, 15) is 18.0 Å². The summed E-state index contributed by atoms with van der Waals surface area (Å²) in [6.07, 6.45) is 2.36. The molecule has 1 aromatic rings. The van der Waals surface area contributed by atoms with E-state index in [1.807, 2.05) is 6.92 Å². The average molecular weight is 465 g/mol. The van der Waals surface area contributed by atoms with Gasteiger partial charge in [-0.2, -0.15) is 4.31 Å². The number of sulfonamides is 1. The van der Waals surface area contributed by atoms with Crippen LogP contribution in [0, 0.1) is 5.92 Å². The minimum absolute atomic E-state index is 0.107. The van der Waals surface area contributed by atoms with Gasteiger partial charge in [-0.15, -0.1) is 0 Å². The molecule has 0 aromatic heterocycles. The molecule has 0 saturated carbocycles. The van der Waals surface area contributed by atoms with Crippen LogP contribution < -0.4 is 20.7 Å². The molecule has 2 saturated heterocycles. The lowest BCUT2D eigenvalue weighted by molar-refractivity contribution is -0.122. The largest absolute Gasteiger partial charge is 0.479 e. The van der Waals surface area contributed by atoms with Crippen molar-refractivity contribution in [2.75, 3.05) is 30.7 Å². The van der Waals surface area contributed by atoms with Crippen LogP contribution >= 0.6 is 0 Å². The van der Waals surface area contributed by atoms with Gasteiger partial charge >= 0.3 is 0 Å². The van der Waals surface area contributed by atoms with Gasteiger partial charge in [0.1, 0.15) is 5.75 Å². The van der Waals surface area contributed by atoms with Crippen molar-refractivity contribution in [3.8, 4) is 5.75 Å². The van der Waals surface area contributed by atoms with E-state index in [0.717, 1.165) is 25.9 Å². The lowest BCUT2D eigenvalue weighted by Crippen LogP contribution is -2.52. The zero-order valence-electron chi connectivity index (χ0n) is 18.6. The maximum Gasteiger partial charge on any atom is 0.265 e. The Labute approximate surface area is 189 Å². The second-order valence-corrected chi connectivity index (χ2v) is 11.1. The van der Waals surface area contributed by atoms with Crippen molar-refractivity contribution in [1.29, 1.82) is 0 Å². The number of benzene rings is 1. The Morgan fingerprint density at radius 2 is 1.97 bits per heavy atom. The van der Waals surface area contributed by atoms with Crippen LogP contribution in [0.5, 0.6) is 5.75 Å². The first kappa shape index (κ1) is 23.0. The standard InChI is InChI=1S/C22H32N4O5S/c1-14-11-18(7-10-26(14)32(29,30)13-16-5-8-23-9-6-16)24-22(28)17-3-4-20-19(12-17)25-21(27)15(2)31-20/h3-4,12,14-16,18,23H,5-11,13H2,1-2H3,(H,24,28)(H,25,27)/t14-,15-,18-/m1/s1. The summed E-state index contributed by atoms with van der Waals surface area (Å²) in [4.78, 5) is 24.6. The Morgan fingerprint density at radius 3 is 2.69 bits per heavy atom. The summed E-state index contributed by atoms with van der Waals surface area (Å²) in [5.74, 6) is 0.458. The Morgan fingerprint density at radius 1 is 1.22 bits per heavy atom. The number of ether oxygens (including phenoxy) is 1. The van der Waals surface area contributed by atoms with Crippen LogP contribution in [-0.2, 0) is 14.8 Å². The molecule has 3 N–H and O–H groups in total. The molecule has 0 spiro atoms. The first-order valence-electron chi connectivity index (χ1n) is 11.4. The van der Waals surface area contributed by atoms with Gasteiger partial charge in [0.25, 0.3) is 11.8 Å². The Bertz CT molecular complexity index is 977. The molecule has 3 atom stereocenters. The van der Waals surface area contributed by atoms with Crippen LogP contribution in [0.25, 0.3) is 0 Å². The Balaban J connectivity index is 1.34. The van der Waals surface area contributed by atoms with Crippen LogP contribution in [0.1, 0.15) is 49.9 Å². The molecule has 176 valence electrons. The van der Waals surface area contributed by atoms with Gasteiger partial charge in [0.05, 0.1) is 11.4 Å². The van der Waals surface area contributed by atoms with Crippen molar-refractivity contribution < 1.29 is 22.7 Å². The van der Waals surface area contributed by atoms with E-state index in [2.05, 4.69) is 16.0 Å². The molecule has 9 nitrogen and oxygen atoms in total. The second-order valence-electron chi connectivity index (χ2n) is 9.09. The van der Waals surface area contributed by atoms with E-state index in [1.54, 1.807) is 29.4 Å². The molecule has 2 amide bonds. The van der Waals surface area contributed by atoms with E-state index in [4.69, 9.17) is 4.74 Å². The van der Waals surface area contributed by atoms with Crippen molar-refractivity contribution in [2.45, 2.75) is 57.7 Å². The lowest BCUT2D eigenvalue weighted by Gasteiger charge is -2.38. The van der Waals surface area contributed by atoms with Crippen molar-refractivity contribution in [1.82, 2.24) is 14.9 Å². The predicted octanol–water partition coefficient (Wildman–Crippen LogP) is 1.32. The third-order valence-corrected chi connectivity index (χ3v) is 8.74. The third kappa shape index (κ3) is 5.07. The lowest BCUT2D eigenvalue weighted by atomic mass is 10.00. The number of nitrogens with zero attached hydrogens (tertiary/aromatic N) is 1. The van der Waals surface area contributed by atoms with Crippen LogP contribution in [0.2, 0.25) is 0 Å². The number of hydrogen-bond donors (Lipinski definition) is 3. The van der Waals surface area contributed by atoms with Crippen LogP contribution in [0.15, 0.2) is 18.2 Å². The van der Waals surface area contributed by atoms with E-state index < -0.39 is 16.1 Å². The number of anilines is 1. The fourth-order valence-corrected chi connectivity index (χ4v) is 6.89. The highest BCUT2D eigenvalue weighted by atomic mass is 32.2. The van der Waals surface area contributed by atoms with Gasteiger partial charge in [0.15, 0.2) is 6.10 Å². The van der Waals surface area contributed by atoms with Gasteiger partial charge in [-0.05, 0) is 76.7 Å². The quantitative estimate of drug-likeness (QED) is 0.605. The smallest absolute Gasteiger partial charge is 0.265 e. The minimum Gasteiger partial charge on any atom is -0.479 e. The zero-order valence-corrected chi connectivity index (χ0v) is 19.4. The molecule has 3 aliphatic heterocycles. The summed E-state index contributed by atoms with van der Waals surface area (Å²) >= 11 is 0. The maximum atomic E-state index is 13.0. The van der Waals surface area contributed by atoms with Gasteiger partial charge in [0.2, 0.25) is 10.0 Å². The van der Waals surface area contributed by atoms with Crippen molar-refractivity contribution >= 4 is 27.5 Å². The van der Waals surface area contributed by atoms with Gasteiger partial charge in [0, 0.05) is 24.2 Å². The third-order valence-electron chi connectivity index (χ3n) is 6.59. The zero-order chi connectivity index (χ0) is 22.9. The van der Waals surface area contributed by atoms with Crippen molar-refractivity contribution in [2.24, 2.45) is 5.92 Å². The number of rotatable bonds is 5. The monoisotopic (exact) mass is 464 g/mol. The summed E-state index contributed by atoms with van der Waals surface area (Å²) in [6, 6.07) is 4.68. The number of amides is 2. The average Bonchev–Trinajstić information content (AvgIpc) is 2.74. The molecule has 0 radical (unpaired) electrons. The summed E-state index contributed by atoms with van der Waals surface area (Å²) in [5, 5.41) is 9.04. The van der Waals surface area contributed by atoms with Gasteiger partial charge in [-0.3, -0.25) is 9.59 Å². The number of nitrogens with one attached hydrogen (secondary N) is 3. The van der Waals surface area contributed by atoms with Gasteiger partial charge in [-0.1, -0.05) is 0 Å². The molecule has 1 aromatic carbocycles. The van der Waals surface area contributed by atoms with Crippen molar-refractivity contribution in [3.05, 3.63) is 23.8 Å². The summed E-state index contributed by atoms with van der Waals surface area (Å²) in [6.45, 7) is 5.73. The number of carbonyl (C=O) groups excluding carboxylic acids is 2. The van der Waals surface area contributed by atoms with Crippen LogP contribution in [-0.4, -0.2) is 68.1 Å². The first-order chi connectivity index (χ1) is 15.2. The normalized spacial score (nSPS) is 27.2. The Kier molecular flexibility index (Phi) is 6.73. The highest BCUT2D eigenvalue weighted by Crippen LogP contribution is 2.31. The molecule has 32 heavy (non-hydrogen) atoms. The summed E-state index contributed by atoms with van der Waals surface area (Å²) in [5.41, 5.74) is 0.906. The minimum atomic E-state index is -3.32. The maximum absolute atomic E-state index is 13.0. The van der Waals surface area contributed by atoms with Crippen LogP contribution in [0.4, 0.5) is 5.69 Å². The number of piperidine rings is 2. The predicted molar refractivity (Wildman–Crippen MR) is 121 cm³/mol. The fraction of sp³-hybridized carbons (Fsp3) is 0.636. The second kappa shape index (κ2) is 9.36. The van der Waals surface area contributed by atoms with Gasteiger partial charge < -0.3 is 20.7 Å². The molecular formula is C22H32N4O5S. The SMILES string of the molecule is C[C@@H]1C[C@H](NC(=O)c2ccc3c(c2)NC(=O)[C@@H](C)O3)CCN1S(=O)(=O)CC1CCNCC1. The van der Waals surface area contributed by atoms with E-state index >= 15 is 0 Å². The highest BCUT2D eigenvalue weighted by Gasteiger charge is 2.35. The fourth-order valence-electron chi connectivity index (χ4n) is 4.76. The molecule has 0 unspecified atom stereocenters. The molecular weight excluding hydrogens is 432 g/mol. The molecule has 2 fully saturated rings. The topological polar surface area (TPSA) is 117 Å². The van der Waals surface area contributed by atoms with Crippen molar-refractivity contribution in [3.63, 3.8) is 0 Å². The highest BCUT2D eigenvalue weighted by molar-refractivity contribution is 7.89.